The number of carbonyl (C=O) groups excluding carboxylic acids is 2. The van der Waals surface area contributed by atoms with Crippen molar-refractivity contribution in [3.05, 3.63) is 0 Å². The van der Waals surface area contributed by atoms with Crippen LogP contribution < -0.4 is 22.9 Å². The van der Waals surface area contributed by atoms with Crippen molar-refractivity contribution < 1.29 is 29.4 Å². The summed E-state index contributed by atoms with van der Waals surface area (Å²) >= 11 is 0. The highest BCUT2D eigenvalue weighted by Crippen LogP contribution is 2.40. The smallest absolute Gasteiger partial charge is 0.322 e. The predicted octanol–water partition coefficient (Wildman–Crippen LogP) is -3.01. The first-order valence-electron chi connectivity index (χ1n) is 5.89. The Morgan fingerprint density at radius 1 is 0.955 bits per heavy atom. The molecular formula is C10H18N4O6S2. The Labute approximate surface area is 133 Å². The molecule has 0 aliphatic rings. The number of hydrogen-bond donors (Lipinski definition) is 6. The molecule has 0 bridgehead atoms. The molecule has 0 aromatic rings. The van der Waals surface area contributed by atoms with Gasteiger partial charge in [0.05, 0.1) is 13.1 Å². The van der Waals surface area contributed by atoms with Crippen LogP contribution in [0.3, 0.4) is 0 Å². The lowest BCUT2D eigenvalue weighted by molar-refractivity contribution is -0.144. The fourth-order valence-corrected chi connectivity index (χ4v) is 4.57. The van der Waals surface area contributed by atoms with Gasteiger partial charge in [-0.2, -0.15) is 0 Å². The summed E-state index contributed by atoms with van der Waals surface area (Å²) in [5.74, 6) is -4.85. The molecule has 0 aromatic heterocycles. The lowest BCUT2D eigenvalue weighted by Crippen LogP contribution is -2.63. The fraction of sp³-hybridized carbons (Fsp3) is 0.600. The Bertz CT molecular complexity index is 445. The maximum absolute atomic E-state index is 12.1. The van der Waals surface area contributed by atoms with Crippen LogP contribution in [0, 0.1) is 0 Å². The van der Waals surface area contributed by atoms with Crippen LogP contribution >= 0.6 is 21.6 Å². The second-order valence-electron chi connectivity index (χ2n) is 4.12. The molecule has 0 amide bonds. The average Bonchev–Trinajstić information content (AvgIpc) is 2.48. The molecule has 0 saturated heterocycles. The van der Waals surface area contributed by atoms with Gasteiger partial charge in [-0.3, -0.25) is 19.2 Å². The van der Waals surface area contributed by atoms with Gasteiger partial charge in [-0.15, -0.1) is 0 Å². The quantitative estimate of drug-likeness (QED) is 0.162. The van der Waals surface area contributed by atoms with Crippen molar-refractivity contribution in [3.63, 3.8) is 0 Å². The summed E-state index contributed by atoms with van der Waals surface area (Å²) in [6, 6.07) is -3.13. The molecule has 0 radical (unpaired) electrons. The van der Waals surface area contributed by atoms with E-state index >= 15 is 0 Å². The Balaban J connectivity index is 5.46. The third-order valence-electron chi connectivity index (χ3n) is 2.66. The first-order chi connectivity index (χ1) is 10.1. The van der Waals surface area contributed by atoms with Crippen molar-refractivity contribution in [2.45, 2.75) is 16.8 Å². The molecule has 12 heteroatoms. The summed E-state index contributed by atoms with van der Waals surface area (Å²) in [6.45, 7) is -1.24. The molecular weight excluding hydrogens is 336 g/mol. The van der Waals surface area contributed by atoms with Crippen LogP contribution in [-0.4, -0.2) is 69.4 Å². The minimum Gasteiger partial charge on any atom is -0.480 e. The van der Waals surface area contributed by atoms with Crippen molar-refractivity contribution in [1.82, 2.24) is 0 Å². The lowest BCUT2D eigenvalue weighted by atomic mass is 9.89. The fourth-order valence-electron chi connectivity index (χ4n) is 1.40. The minimum atomic E-state index is -2.20. The number of nitrogens with two attached hydrogens (primary N) is 4. The van der Waals surface area contributed by atoms with Gasteiger partial charge in [0, 0.05) is 5.75 Å². The Morgan fingerprint density at radius 3 is 1.73 bits per heavy atom. The number of carboxylic acid groups (broad SMARTS) is 2. The zero-order chi connectivity index (χ0) is 17.5. The molecule has 0 aromatic carbocycles. The molecule has 0 spiro atoms. The monoisotopic (exact) mass is 354 g/mol. The van der Waals surface area contributed by atoms with E-state index in [1.807, 2.05) is 0 Å². The molecule has 0 fully saturated rings. The third-order valence-corrected chi connectivity index (χ3v) is 5.79. The Kier molecular flexibility index (Phi) is 8.58. The number of rotatable bonds is 11. The van der Waals surface area contributed by atoms with Gasteiger partial charge in [0.1, 0.15) is 12.1 Å². The lowest BCUT2D eigenvalue weighted by Gasteiger charge is -2.32. The van der Waals surface area contributed by atoms with Crippen LogP contribution in [0.25, 0.3) is 0 Å². The van der Waals surface area contributed by atoms with E-state index in [-0.39, 0.29) is 5.75 Å². The Morgan fingerprint density at radius 2 is 1.41 bits per heavy atom. The summed E-state index contributed by atoms with van der Waals surface area (Å²) in [4.78, 5) is 45.9. The third kappa shape index (κ3) is 4.66. The first-order valence-corrected chi connectivity index (χ1v) is 8.21. The number of carboxylic acids is 2. The molecule has 0 unspecified atom stereocenters. The van der Waals surface area contributed by atoms with Gasteiger partial charge in [-0.05, 0) is 0 Å². The Hall–Kier alpha value is -1.18. The molecule has 10 N–H and O–H groups in total. The van der Waals surface area contributed by atoms with Crippen molar-refractivity contribution in [2.75, 3.05) is 18.8 Å². The summed E-state index contributed by atoms with van der Waals surface area (Å²) in [7, 11) is 1.27. The van der Waals surface area contributed by atoms with Gasteiger partial charge >= 0.3 is 11.9 Å². The standard InChI is InChI=1S/C10H18N4O6S2/c11-1-5(15)10(6(16)2-12,7(14)9(19)20)22-21-3-4(13)8(17)18/h4,7H,1-3,11-14H2,(H,17,18)(H,19,20)/t4-,7+/m0/s1. The topological polar surface area (TPSA) is 213 Å². The van der Waals surface area contributed by atoms with Gasteiger partial charge in [0.15, 0.2) is 16.3 Å². The first kappa shape index (κ1) is 20.8. The van der Waals surface area contributed by atoms with Gasteiger partial charge in [0.25, 0.3) is 0 Å². The minimum absolute atomic E-state index is 0.177. The SMILES string of the molecule is NCC(=O)C(SSC[C@H](N)C(=O)O)(C(=O)CN)[C@H](N)C(=O)O. The normalized spacial score (nSPS) is 14.2. The van der Waals surface area contributed by atoms with E-state index in [0.717, 1.165) is 10.8 Å². The van der Waals surface area contributed by atoms with E-state index in [9.17, 15) is 19.2 Å². The van der Waals surface area contributed by atoms with E-state index in [2.05, 4.69) is 0 Å². The highest BCUT2D eigenvalue weighted by molar-refractivity contribution is 8.77. The number of hydrogen-bond acceptors (Lipinski definition) is 10. The van der Waals surface area contributed by atoms with Crippen molar-refractivity contribution in [1.29, 1.82) is 0 Å². The maximum atomic E-state index is 12.1. The van der Waals surface area contributed by atoms with Crippen LogP contribution in [0.2, 0.25) is 0 Å². The maximum Gasteiger partial charge on any atom is 0.322 e. The van der Waals surface area contributed by atoms with E-state index < -0.39 is 53.4 Å². The highest BCUT2D eigenvalue weighted by Gasteiger charge is 2.53. The summed E-state index contributed by atoms with van der Waals surface area (Å²) in [5, 5.41) is 17.7. The van der Waals surface area contributed by atoms with Crippen molar-refractivity contribution in [3.8, 4) is 0 Å². The van der Waals surface area contributed by atoms with Crippen molar-refractivity contribution >= 4 is 45.1 Å². The molecule has 0 aliphatic heterocycles. The highest BCUT2D eigenvalue weighted by atomic mass is 33.1. The van der Waals surface area contributed by atoms with E-state index in [0.29, 0.717) is 10.8 Å². The zero-order valence-corrected chi connectivity index (χ0v) is 13.1. The van der Waals surface area contributed by atoms with Crippen LogP contribution in [0.4, 0.5) is 0 Å². The second kappa shape index (κ2) is 9.07. The summed E-state index contributed by atoms with van der Waals surface area (Å²) in [6.07, 6.45) is 0. The molecule has 10 nitrogen and oxygen atoms in total. The molecule has 0 rings (SSSR count). The molecule has 0 aliphatic carbocycles. The van der Waals surface area contributed by atoms with Crippen LogP contribution in [0.15, 0.2) is 0 Å². The largest absolute Gasteiger partial charge is 0.480 e. The molecule has 126 valence electrons. The second-order valence-corrected chi connectivity index (χ2v) is 6.71. The summed E-state index contributed by atoms with van der Waals surface area (Å²) in [5.41, 5.74) is 21.3. The molecule has 0 heterocycles. The number of aliphatic carboxylic acids is 2. The average molecular weight is 354 g/mol. The molecule has 2 atom stereocenters. The van der Waals surface area contributed by atoms with Gasteiger partial charge in [0.2, 0.25) is 0 Å². The van der Waals surface area contributed by atoms with Gasteiger partial charge in [-0.1, -0.05) is 21.6 Å². The van der Waals surface area contributed by atoms with Crippen LogP contribution in [-0.2, 0) is 19.2 Å². The van der Waals surface area contributed by atoms with Crippen LogP contribution in [0.5, 0.6) is 0 Å². The number of carbonyl (C=O) groups is 4. The number of Topliss-reactive ketones (excluding diaryl/α,β-unsaturated/α-hetero) is 2. The zero-order valence-electron chi connectivity index (χ0n) is 11.4. The van der Waals surface area contributed by atoms with Crippen LogP contribution in [0.1, 0.15) is 0 Å². The van der Waals surface area contributed by atoms with Gasteiger partial charge in [-0.25, -0.2) is 0 Å². The molecule has 0 saturated carbocycles. The molecule has 22 heavy (non-hydrogen) atoms. The van der Waals surface area contributed by atoms with E-state index in [1.54, 1.807) is 0 Å². The van der Waals surface area contributed by atoms with Gasteiger partial charge < -0.3 is 33.1 Å². The summed E-state index contributed by atoms with van der Waals surface area (Å²) < 4.78 is -2.20. The van der Waals surface area contributed by atoms with E-state index in [4.69, 9.17) is 33.1 Å². The van der Waals surface area contributed by atoms with E-state index in [1.165, 1.54) is 0 Å². The predicted molar refractivity (Wildman–Crippen MR) is 82.1 cm³/mol. The van der Waals surface area contributed by atoms with Crippen molar-refractivity contribution in [2.24, 2.45) is 22.9 Å². The number of ketones is 2.